The molecule has 2 fully saturated rings. The maximum atomic E-state index is 9.75. The molecule has 13 heavy (non-hydrogen) atoms. The number of likely N-dealkylation sites (N-methyl/N-ethyl adjacent to an activating group) is 1. The standard InChI is InChI=1S/C10H20N2O/c1-11-5-7-12(8-6-11)9-3-2-4-10(9)13/h9-10,13H,2-8H2,1H3/t9-,10-/m0/s1. The molecule has 2 aliphatic rings. The first kappa shape index (κ1) is 9.44. The Morgan fingerprint density at radius 1 is 1.08 bits per heavy atom. The number of piperazine rings is 1. The summed E-state index contributed by atoms with van der Waals surface area (Å²) < 4.78 is 0. The monoisotopic (exact) mass is 184 g/mol. The summed E-state index contributed by atoms with van der Waals surface area (Å²) >= 11 is 0. The van der Waals surface area contributed by atoms with Gasteiger partial charge < -0.3 is 10.0 Å². The van der Waals surface area contributed by atoms with Crippen LogP contribution in [0.2, 0.25) is 0 Å². The maximum Gasteiger partial charge on any atom is 0.0695 e. The van der Waals surface area contributed by atoms with E-state index in [0.29, 0.717) is 6.04 Å². The Morgan fingerprint density at radius 2 is 1.77 bits per heavy atom. The van der Waals surface area contributed by atoms with Crippen LogP contribution >= 0.6 is 0 Å². The molecule has 0 aromatic heterocycles. The van der Waals surface area contributed by atoms with Crippen molar-refractivity contribution < 1.29 is 5.11 Å². The summed E-state index contributed by atoms with van der Waals surface area (Å²) in [6.45, 7) is 4.59. The van der Waals surface area contributed by atoms with Crippen LogP contribution < -0.4 is 0 Å². The largest absolute Gasteiger partial charge is 0.391 e. The summed E-state index contributed by atoms with van der Waals surface area (Å²) in [4.78, 5) is 4.83. The Kier molecular flexibility index (Phi) is 2.86. The molecule has 1 saturated heterocycles. The van der Waals surface area contributed by atoms with E-state index in [4.69, 9.17) is 0 Å². The van der Waals surface area contributed by atoms with E-state index in [1.807, 2.05) is 0 Å². The lowest BCUT2D eigenvalue weighted by Gasteiger charge is -2.37. The van der Waals surface area contributed by atoms with Gasteiger partial charge in [-0.3, -0.25) is 4.90 Å². The molecule has 1 N–H and O–H groups in total. The lowest BCUT2D eigenvalue weighted by Crippen LogP contribution is -2.51. The summed E-state index contributed by atoms with van der Waals surface area (Å²) in [6, 6.07) is 0.466. The van der Waals surface area contributed by atoms with E-state index in [-0.39, 0.29) is 6.10 Å². The van der Waals surface area contributed by atoms with E-state index < -0.39 is 0 Å². The van der Waals surface area contributed by atoms with Gasteiger partial charge in [0, 0.05) is 32.2 Å². The summed E-state index contributed by atoms with van der Waals surface area (Å²) in [5.74, 6) is 0. The van der Waals surface area contributed by atoms with Crippen molar-refractivity contribution >= 4 is 0 Å². The van der Waals surface area contributed by atoms with Gasteiger partial charge in [-0.1, -0.05) is 0 Å². The average Bonchev–Trinajstić information content (AvgIpc) is 2.53. The fourth-order valence-electron chi connectivity index (χ4n) is 2.50. The molecule has 1 saturated carbocycles. The highest BCUT2D eigenvalue weighted by atomic mass is 16.3. The van der Waals surface area contributed by atoms with Crippen molar-refractivity contribution in [3.05, 3.63) is 0 Å². The van der Waals surface area contributed by atoms with Crippen LogP contribution in [0.4, 0.5) is 0 Å². The Morgan fingerprint density at radius 3 is 2.31 bits per heavy atom. The van der Waals surface area contributed by atoms with Gasteiger partial charge in [0.1, 0.15) is 0 Å². The molecule has 3 nitrogen and oxygen atoms in total. The van der Waals surface area contributed by atoms with Crippen molar-refractivity contribution in [1.29, 1.82) is 0 Å². The van der Waals surface area contributed by atoms with Gasteiger partial charge >= 0.3 is 0 Å². The molecule has 1 aliphatic carbocycles. The predicted molar refractivity (Wildman–Crippen MR) is 52.7 cm³/mol. The zero-order valence-electron chi connectivity index (χ0n) is 8.45. The van der Waals surface area contributed by atoms with Crippen molar-refractivity contribution in [1.82, 2.24) is 9.80 Å². The molecule has 0 spiro atoms. The molecule has 1 aliphatic heterocycles. The van der Waals surface area contributed by atoms with Crippen molar-refractivity contribution in [3.63, 3.8) is 0 Å². The van der Waals surface area contributed by atoms with Crippen molar-refractivity contribution in [2.24, 2.45) is 0 Å². The molecule has 1 heterocycles. The van der Waals surface area contributed by atoms with E-state index >= 15 is 0 Å². The highest BCUT2D eigenvalue weighted by Crippen LogP contribution is 2.24. The van der Waals surface area contributed by atoms with Crippen molar-refractivity contribution in [2.75, 3.05) is 33.2 Å². The Bertz CT molecular complexity index is 166. The molecule has 0 aromatic carbocycles. The number of hydrogen-bond donors (Lipinski definition) is 1. The third-order valence-corrected chi connectivity index (χ3v) is 3.45. The minimum absolute atomic E-state index is 0.0524. The Balaban J connectivity index is 1.86. The number of aliphatic hydroxyl groups excluding tert-OH is 1. The van der Waals surface area contributed by atoms with Crippen LogP contribution in [0, 0.1) is 0 Å². The summed E-state index contributed by atoms with van der Waals surface area (Å²) in [7, 11) is 2.17. The van der Waals surface area contributed by atoms with Gasteiger partial charge in [0.05, 0.1) is 6.10 Å². The highest BCUT2D eigenvalue weighted by molar-refractivity contribution is 4.87. The lowest BCUT2D eigenvalue weighted by atomic mass is 10.1. The molecule has 0 bridgehead atoms. The summed E-state index contributed by atoms with van der Waals surface area (Å²) in [5, 5.41) is 9.75. The zero-order chi connectivity index (χ0) is 9.26. The molecule has 0 unspecified atom stereocenters. The van der Waals surface area contributed by atoms with Crippen LogP contribution in [0.5, 0.6) is 0 Å². The maximum absolute atomic E-state index is 9.75. The third-order valence-electron chi connectivity index (χ3n) is 3.45. The molecule has 0 radical (unpaired) electrons. The third kappa shape index (κ3) is 2.03. The van der Waals surface area contributed by atoms with Crippen LogP contribution in [0.25, 0.3) is 0 Å². The first-order valence-electron chi connectivity index (χ1n) is 5.38. The fraction of sp³-hybridized carbons (Fsp3) is 1.00. The molecular formula is C10H20N2O. The second kappa shape index (κ2) is 3.95. The van der Waals surface area contributed by atoms with Crippen molar-refractivity contribution in [3.8, 4) is 0 Å². The number of nitrogens with zero attached hydrogens (tertiary/aromatic N) is 2. The molecular weight excluding hydrogens is 164 g/mol. The van der Waals surface area contributed by atoms with Crippen LogP contribution in [-0.2, 0) is 0 Å². The fourth-order valence-corrected chi connectivity index (χ4v) is 2.50. The normalized spacial score (nSPS) is 38.3. The lowest BCUT2D eigenvalue weighted by molar-refractivity contribution is 0.0415. The van der Waals surface area contributed by atoms with E-state index in [2.05, 4.69) is 16.8 Å². The first-order chi connectivity index (χ1) is 6.27. The predicted octanol–water partition coefficient (Wildman–Crippen LogP) is 0.147. The topological polar surface area (TPSA) is 26.7 Å². The van der Waals surface area contributed by atoms with E-state index in [9.17, 15) is 5.11 Å². The number of aliphatic hydroxyl groups is 1. The van der Waals surface area contributed by atoms with Gasteiger partial charge in [0.25, 0.3) is 0 Å². The highest BCUT2D eigenvalue weighted by Gasteiger charge is 2.31. The van der Waals surface area contributed by atoms with Crippen LogP contribution in [0.3, 0.4) is 0 Å². The molecule has 2 atom stereocenters. The van der Waals surface area contributed by atoms with Gasteiger partial charge in [0.15, 0.2) is 0 Å². The van der Waals surface area contributed by atoms with E-state index in [1.54, 1.807) is 0 Å². The van der Waals surface area contributed by atoms with Gasteiger partial charge in [-0.25, -0.2) is 0 Å². The molecule has 0 aromatic rings. The van der Waals surface area contributed by atoms with Gasteiger partial charge in [-0.05, 0) is 26.3 Å². The van der Waals surface area contributed by atoms with Gasteiger partial charge in [0.2, 0.25) is 0 Å². The molecule has 0 amide bonds. The number of hydrogen-bond acceptors (Lipinski definition) is 3. The Hall–Kier alpha value is -0.120. The number of rotatable bonds is 1. The molecule has 3 heteroatoms. The minimum Gasteiger partial charge on any atom is -0.391 e. The first-order valence-corrected chi connectivity index (χ1v) is 5.38. The van der Waals surface area contributed by atoms with Crippen LogP contribution in [0.1, 0.15) is 19.3 Å². The zero-order valence-corrected chi connectivity index (χ0v) is 8.45. The van der Waals surface area contributed by atoms with Crippen LogP contribution in [-0.4, -0.2) is 60.3 Å². The van der Waals surface area contributed by atoms with Crippen molar-refractivity contribution in [2.45, 2.75) is 31.4 Å². The quantitative estimate of drug-likeness (QED) is 0.628. The average molecular weight is 184 g/mol. The van der Waals surface area contributed by atoms with E-state index in [1.165, 1.54) is 12.8 Å². The second-order valence-electron chi connectivity index (χ2n) is 4.40. The SMILES string of the molecule is CN1CCN([C@H]2CCC[C@@H]2O)CC1. The van der Waals surface area contributed by atoms with Gasteiger partial charge in [-0.15, -0.1) is 0 Å². The molecule has 76 valence electrons. The molecule has 2 rings (SSSR count). The second-order valence-corrected chi connectivity index (χ2v) is 4.40. The summed E-state index contributed by atoms with van der Waals surface area (Å²) in [6.07, 6.45) is 3.36. The van der Waals surface area contributed by atoms with Gasteiger partial charge in [-0.2, -0.15) is 0 Å². The minimum atomic E-state index is -0.0524. The van der Waals surface area contributed by atoms with E-state index in [0.717, 1.165) is 32.6 Å². The summed E-state index contributed by atoms with van der Waals surface area (Å²) in [5.41, 5.74) is 0. The smallest absolute Gasteiger partial charge is 0.0695 e. The van der Waals surface area contributed by atoms with Crippen LogP contribution in [0.15, 0.2) is 0 Å². The Labute approximate surface area is 80.3 Å².